The number of methoxy groups -OCH3 is 1. The first-order chi connectivity index (χ1) is 12.7. The Kier molecular flexibility index (Phi) is 12.8. The number of rotatable bonds is 9. The third-order valence-electron chi connectivity index (χ3n) is 4.31. The summed E-state index contributed by atoms with van der Waals surface area (Å²) in [5.74, 6) is 1.56. The Morgan fingerprint density at radius 1 is 1.26 bits per heavy atom. The van der Waals surface area contributed by atoms with Gasteiger partial charge in [0.25, 0.3) is 0 Å². The van der Waals surface area contributed by atoms with E-state index < -0.39 is 0 Å². The van der Waals surface area contributed by atoms with Crippen LogP contribution in [-0.2, 0) is 15.9 Å². The number of nitrogens with zero attached hydrogens (tertiary/aromatic N) is 1. The molecule has 0 amide bonds. The van der Waals surface area contributed by atoms with E-state index in [4.69, 9.17) is 25.8 Å². The van der Waals surface area contributed by atoms with E-state index in [9.17, 15) is 0 Å². The zero-order chi connectivity index (χ0) is 18.6. The van der Waals surface area contributed by atoms with Crippen LogP contribution in [0.4, 0.5) is 0 Å². The second-order valence-corrected chi connectivity index (χ2v) is 6.58. The van der Waals surface area contributed by atoms with Crippen molar-refractivity contribution in [1.82, 2.24) is 10.6 Å². The lowest BCUT2D eigenvalue weighted by Gasteiger charge is -2.22. The van der Waals surface area contributed by atoms with E-state index in [0.29, 0.717) is 6.10 Å². The minimum absolute atomic E-state index is 0. The lowest BCUT2D eigenvalue weighted by Crippen LogP contribution is -2.39. The number of hydrogen-bond acceptors (Lipinski definition) is 4. The van der Waals surface area contributed by atoms with Gasteiger partial charge in [-0.1, -0.05) is 17.7 Å². The molecule has 0 bridgehead atoms. The molecule has 6 nitrogen and oxygen atoms in total. The molecule has 1 aromatic rings. The number of benzene rings is 1. The number of guanidine groups is 1. The van der Waals surface area contributed by atoms with Gasteiger partial charge in [-0.2, -0.15) is 0 Å². The number of aliphatic imine (C=N–C) groups is 1. The molecule has 0 spiro atoms. The zero-order valence-electron chi connectivity index (χ0n) is 16.1. The van der Waals surface area contributed by atoms with Gasteiger partial charge in [0, 0.05) is 45.0 Å². The first-order valence-electron chi connectivity index (χ1n) is 9.19. The van der Waals surface area contributed by atoms with Gasteiger partial charge in [0.15, 0.2) is 5.96 Å². The van der Waals surface area contributed by atoms with Crippen molar-refractivity contribution in [1.29, 1.82) is 0 Å². The van der Waals surface area contributed by atoms with Gasteiger partial charge < -0.3 is 24.8 Å². The van der Waals surface area contributed by atoms with Crippen LogP contribution in [0.2, 0.25) is 5.02 Å². The van der Waals surface area contributed by atoms with Gasteiger partial charge in [-0.15, -0.1) is 24.0 Å². The molecule has 1 aliphatic heterocycles. The van der Waals surface area contributed by atoms with E-state index in [1.54, 1.807) is 14.2 Å². The maximum atomic E-state index is 6.26. The fourth-order valence-corrected chi connectivity index (χ4v) is 3.03. The summed E-state index contributed by atoms with van der Waals surface area (Å²) in [5.41, 5.74) is 1.08. The van der Waals surface area contributed by atoms with Crippen molar-refractivity contribution in [3.8, 4) is 5.75 Å². The van der Waals surface area contributed by atoms with Crippen LogP contribution in [0, 0.1) is 0 Å². The van der Waals surface area contributed by atoms with Crippen molar-refractivity contribution >= 4 is 41.5 Å². The summed E-state index contributed by atoms with van der Waals surface area (Å²) in [6.45, 7) is 3.97. The Morgan fingerprint density at radius 2 is 2.00 bits per heavy atom. The fraction of sp³-hybridized carbons (Fsp3) is 0.632. The number of hydrogen-bond donors (Lipinski definition) is 2. The molecule has 1 heterocycles. The molecule has 1 aliphatic rings. The summed E-state index contributed by atoms with van der Waals surface area (Å²) in [6.07, 6.45) is 4.13. The fourth-order valence-electron chi connectivity index (χ4n) is 2.77. The van der Waals surface area contributed by atoms with Gasteiger partial charge in [0.1, 0.15) is 5.75 Å². The highest BCUT2D eigenvalue weighted by Crippen LogP contribution is 2.22. The molecular weight excluding hydrogens is 481 g/mol. The number of halogens is 2. The second kappa shape index (κ2) is 14.3. The molecule has 0 unspecified atom stereocenters. The monoisotopic (exact) mass is 511 g/mol. The Morgan fingerprint density at radius 3 is 2.67 bits per heavy atom. The zero-order valence-corrected chi connectivity index (χ0v) is 19.2. The predicted octanol–water partition coefficient (Wildman–Crippen LogP) is 3.26. The topological polar surface area (TPSA) is 64.1 Å². The molecular formula is C19H31ClIN3O3. The Labute approximate surface area is 184 Å². The summed E-state index contributed by atoms with van der Waals surface area (Å²) in [4.78, 5) is 4.24. The summed E-state index contributed by atoms with van der Waals surface area (Å²) in [6, 6.07) is 5.75. The summed E-state index contributed by atoms with van der Waals surface area (Å²) < 4.78 is 16.4. The Bertz CT molecular complexity index is 569. The molecule has 8 heteroatoms. The van der Waals surface area contributed by atoms with E-state index >= 15 is 0 Å². The van der Waals surface area contributed by atoms with Gasteiger partial charge in [-0.05, 0) is 43.4 Å². The van der Waals surface area contributed by atoms with E-state index in [1.807, 2.05) is 18.2 Å². The van der Waals surface area contributed by atoms with Crippen molar-refractivity contribution in [2.24, 2.45) is 4.99 Å². The van der Waals surface area contributed by atoms with Crippen molar-refractivity contribution in [2.75, 3.05) is 47.1 Å². The van der Waals surface area contributed by atoms with Crippen LogP contribution in [0.3, 0.4) is 0 Å². The van der Waals surface area contributed by atoms with Crippen LogP contribution in [0.25, 0.3) is 0 Å². The smallest absolute Gasteiger partial charge is 0.190 e. The van der Waals surface area contributed by atoms with E-state index in [2.05, 4.69) is 15.6 Å². The summed E-state index contributed by atoms with van der Waals surface area (Å²) in [5, 5.41) is 7.33. The first-order valence-corrected chi connectivity index (χ1v) is 9.57. The lowest BCUT2D eigenvalue weighted by molar-refractivity contribution is -0.0320. The van der Waals surface area contributed by atoms with Gasteiger partial charge >= 0.3 is 0 Å². The molecule has 0 saturated carbocycles. The minimum Gasteiger partial charge on any atom is -0.497 e. The largest absolute Gasteiger partial charge is 0.497 e. The molecule has 1 saturated heterocycles. The van der Waals surface area contributed by atoms with Crippen LogP contribution in [0.15, 0.2) is 23.2 Å². The average Bonchev–Trinajstić information content (AvgIpc) is 2.68. The normalized spacial score (nSPS) is 15.1. The standard InChI is InChI=1S/C19H30ClN3O3.HI/c1-21-19(22-9-3-11-26-16-7-12-25-13-8-16)23-10-6-15-4-5-17(24-2)14-18(15)20;/h4-5,14,16H,3,6-13H2,1-2H3,(H2,21,22,23);1H. The van der Waals surface area contributed by atoms with E-state index in [1.165, 1.54) is 0 Å². The maximum absolute atomic E-state index is 6.26. The highest BCUT2D eigenvalue weighted by molar-refractivity contribution is 14.0. The Balaban J connectivity index is 0.00000364. The number of ether oxygens (including phenoxy) is 3. The predicted molar refractivity (Wildman–Crippen MR) is 121 cm³/mol. The van der Waals surface area contributed by atoms with Crippen molar-refractivity contribution in [3.05, 3.63) is 28.8 Å². The highest BCUT2D eigenvalue weighted by Gasteiger charge is 2.13. The van der Waals surface area contributed by atoms with Crippen molar-refractivity contribution < 1.29 is 14.2 Å². The van der Waals surface area contributed by atoms with Crippen LogP contribution in [0.1, 0.15) is 24.8 Å². The molecule has 0 atom stereocenters. The molecule has 0 radical (unpaired) electrons. The minimum atomic E-state index is 0. The van der Waals surface area contributed by atoms with Gasteiger partial charge in [0.05, 0.1) is 13.2 Å². The SMILES string of the molecule is CN=C(NCCCOC1CCOCC1)NCCc1ccc(OC)cc1Cl.I. The lowest BCUT2D eigenvalue weighted by atomic mass is 10.1. The van der Waals surface area contributed by atoms with Crippen LogP contribution < -0.4 is 15.4 Å². The molecule has 0 aromatic heterocycles. The molecule has 0 aliphatic carbocycles. The second-order valence-electron chi connectivity index (χ2n) is 6.17. The molecule has 154 valence electrons. The maximum Gasteiger partial charge on any atom is 0.190 e. The van der Waals surface area contributed by atoms with Crippen LogP contribution in [0.5, 0.6) is 5.75 Å². The summed E-state index contributed by atoms with van der Waals surface area (Å²) >= 11 is 6.26. The molecule has 1 fully saturated rings. The molecule has 2 rings (SSSR count). The molecule has 2 N–H and O–H groups in total. The average molecular weight is 512 g/mol. The van der Waals surface area contributed by atoms with E-state index in [0.717, 1.165) is 80.9 Å². The molecule has 1 aromatic carbocycles. The van der Waals surface area contributed by atoms with Gasteiger partial charge in [-0.3, -0.25) is 4.99 Å². The van der Waals surface area contributed by atoms with Gasteiger partial charge in [-0.25, -0.2) is 0 Å². The van der Waals surface area contributed by atoms with Gasteiger partial charge in [0.2, 0.25) is 0 Å². The van der Waals surface area contributed by atoms with Crippen molar-refractivity contribution in [3.63, 3.8) is 0 Å². The third kappa shape index (κ3) is 9.32. The number of nitrogens with one attached hydrogen (secondary N) is 2. The Hall–Kier alpha value is -0.770. The third-order valence-corrected chi connectivity index (χ3v) is 4.66. The quantitative estimate of drug-likeness (QED) is 0.231. The molecule has 27 heavy (non-hydrogen) atoms. The summed E-state index contributed by atoms with van der Waals surface area (Å²) in [7, 11) is 3.41. The van der Waals surface area contributed by atoms with Crippen LogP contribution >= 0.6 is 35.6 Å². The van der Waals surface area contributed by atoms with Crippen molar-refractivity contribution in [2.45, 2.75) is 31.8 Å². The highest BCUT2D eigenvalue weighted by atomic mass is 127. The van der Waals surface area contributed by atoms with Crippen LogP contribution in [-0.4, -0.2) is 59.1 Å². The first kappa shape index (κ1) is 24.3. The van der Waals surface area contributed by atoms with E-state index in [-0.39, 0.29) is 24.0 Å².